The molecular formula is C13H20N2O5S. The zero-order valence-corrected chi connectivity index (χ0v) is 13.3. The van der Waals surface area contributed by atoms with Gasteiger partial charge in [0.25, 0.3) is 5.69 Å². The van der Waals surface area contributed by atoms with Crippen LogP contribution in [0, 0.1) is 24.0 Å². The van der Waals surface area contributed by atoms with Crippen molar-refractivity contribution in [1.29, 1.82) is 0 Å². The Morgan fingerprint density at radius 2 is 1.95 bits per heavy atom. The molecule has 1 aromatic carbocycles. The van der Waals surface area contributed by atoms with Gasteiger partial charge in [0.05, 0.1) is 15.4 Å². The van der Waals surface area contributed by atoms with Gasteiger partial charge in [0.1, 0.15) is 0 Å². The molecule has 0 aliphatic rings. The second kappa shape index (κ2) is 6.08. The van der Waals surface area contributed by atoms with Gasteiger partial charge in [-0.3, -0.25) is 10.1 Å². The summed E-state index contributed by atoms with van der Waals surface area (Å²) in [5, 5.41) is 20.7. The van der Waals surface area contributed by atoms with Gasteiger partial charge in [-0.2, -0.15) is 0 Å². The van der Waals surface area contributed by atoms with E-state index >= 15 is 0 Å². The highest BCUT2D eigenvalue weighted by Crippen LogP contribution is 2.25. The van der Waals surface area contributed by atoms with Crippen LogP contribution < -0.4 is 4.72 Å². The first-order valence-corrected chi connectivity index (χ1v) is 7.96. The van der Waals surface area contributed by atoms with Crippen molar-refractivity contribution in [3.63, 3.8) is 0 Å². The minimum Gasteiger partial charge on any atom is -0.389 e. The molecule has 7 nitrogen and oxygen atoms in total. The fourth-order valence-electron chi connectivity index (χ4n) is 1.65. The third kappa shape index (κ3) is 4.23. The fourth-order valence-corrected chi connectivity index (χ4v) is 3.14. The molecule has 0 fully saturated rings. The van der Waals surface area contributed by atoms with Crippen molar-refractivity contribution in [2.45, 2.75) is 44.6 Å². The van der Waals surface area contributed by atoms with E-state index in [1.807, 2.05) is 0 Å². The topological polar surface area (TPSA) is 110 Å². The van der Waals surface area contributed by atoms with E-state index < -0.39 is 20.5 Å². The SMILES string of the molecule is CCC(C)(O)CNS(=O)(=O)c1cc([N+](=O)[O-])cc(C)c1C. The summed E-state index contributed by atoms with van der Waals surface area (Å²) in [5.41, 5.74) is -0.478. The van der Waals surface area contributed by atoms with Crippen molar-refractivity contribution in [1.82, 2.24) is 4.72 Å². The standard InChI is InChI=1S/C13H20N2O5S/c1-5-13(4,16)8-14-21(19,20)12-7-11(15(17)18)6-9(2)10(12)3/h6-7,14,16H,5,8H2,1-4H3. The Kier molecular flexibility index (Phi) is 5.08. The van der Waals surface area contributed by atoms with Gasteiger partial charge in [-0.15, -0.1) is 0 Å². The first kappa shape index (κ1) is 17.5. The lowest BCUT2D eigenvalue weighted by atomic mass is 10.1. The van der Waals surface area contributed by atoms with Crippen LogP contribution in [0.1, 0.15) is 31.4 Å². The monoisotopic (exact) mass is 316 g/mol. The highest BCUT2D eigenvalue weighted by Gasteiger charge is 2.25. The molecule has 118 valence electrons. The number of rotatable bonds is 6. The number of benzene rings is 1. The summed E-state index contributed by atoms with van der Waals surface area (Å²) < 4.78 is 26.9. The molecule has 0 aliphatic heterocycles. The van der Waals surface area contributed by atoms with Gasteiger partial charge in [0.2, 0.25) is 10.0 Å². The Balaban J connectivity index is 3.22. The summed E-state index contributed by atoms with van der Waals surface area (Å²) in [4.78, 5) is 10.1. The Labute approximate surface area is 124 Å². The van der Waals surface area contributed by atoms with Crippen LogP contribution in [0.25, 0.3) is 0 Å². The highest BCUT2D eigenvalue weighted by molar-refractivity contribution is 7.89. The molecule has 0 aliphatic carbocycles. The number of hydrogen-bond acceptors (Lipinski definition) is 5. The Hall–Kier alpha value is -1.51. The first-order valence-electron chi connectivity index (χ1n) is 6.48. The van der Waals surface area contributed by atoms with Crippen LogP contribution in [-0.2, 0) is 10.0 Å². The maximum Gasteiger partial charge on any atom is 0.271 e. The average Bonchev–Trinajstić information content (AvgIpc) is 2.39. The number of hydrogen-bond donors (Lipinski definition) is 2. The van der Waals surface area contributed by atoms with Crippen molar-refractivity contribution < 1.29 is 18.4 Å². The summed E-state index contributed by atoms with van der Waals surface area (Å²) in [7, 11) is -3.93. The van der Waals surface area contributed by atoms with Crippen molar-refractivity contribution in [2.24, 2.45) is 0 Å². The van der Waals surface area contributed by atoms with E-state index in [1.54, 1.807) is 20.8 Å². The number of nitro benzene ring substituents is 1. The number of sulfonamides is 1. The summed E-state index contributed by atoms with van der Waals surface area (Å²) in [6, 6.07) is 2.36. The molecule has 0 saturated heterocycles. The van der Waals surface area contributed by atoms with Crippen molar-refractivity contribution in [3.05, 3.63) is 33.4 Å². The van der Waals surface area contributed by atoms with Gasteiger partial charge in [-0.25, -0.2) is 13.1 Å². The van der Waals surface area contributed by atoms with Crippen LogP contribution in [0.15, 0.2) is 17.0 Å². The number of non-ortho nitro benzene ring substituents is 1. The van der Waals surface area contributed by atoms with Crippen LogP contribution in [-0.4, -0.2) is 30.6 Å². The molecule has 1 atom stereocenters. The van der Waals surface area contributed by atoms with Gasteiger partial charge in [0.15, 0.2) is 0 Å². The van der Waals surface area contributed by atoms with Crippen LogP contribution in [0.2, 0.25) is 0 Å². The fraction of sp³-hybridized carbons (Fsp3) is 0.538. The van der Waals surface area contributed by atoms with Crippen LogP contribution >= 0.6 is 0 Å². The Morgan fingerprint density at radius 3 is 2.43 bits per heavy atom. The molecular weight excluding hydrogens is 296 g/mol. The lowest BCUT2D eigenvalue weighted by Gasteiger charge is -2.22. The first-order chi connectivity index (χ1) is 9.50. The molecule has 0 aromatic heterocycles. The molecule has 1 unspecified atom stereocenters. The third-order valence-corrected chi connectivity index (χ3v) is 5.04. The minimum absolute atomic E-state index is 0.138. The predicted molar refractivity (Wildman–Crippen MR) is 78.7 cm³/mol. The van der Waals surface area contributed by atoms with E-state index in [0.717, 1.165) is 6.07 Å². The van der Waals surface area contributed by atoms with Crippen molar-refractivity contribution in [3.8, 4) is 0 Å². The predicted octanol–water partition coefficient (Wildman–Crippen LogP) is 1.65. The molecule has 0 saturated carbocycles. The molecule has 2 N–H and O–H groups in total. The normalized spacial score (nSPS) is 14.7. The smallest absolute Gasteiger partial charge is 0.271 e. The maximum absolute atomic E-state index is 12.3. The largest absolute Gasteiger partial charge is 0.389 e. The number of nitrogens with one attached hydrogen (secondary N) is 1. The quantitative estimate of drug-likeness (QED) is 0.612. The van der Waals surface area contributed by atoms with Crippen molar-refractivity contribution in [2.75, 3.05) is 6.54 Å². The molecule has 21 heavy (non-hydrogen) atoms. The number of nitro groups is 1. The van der Waals surface area contributed by atoms with Gasteiger partial charge in [-0.05, 0) is 38.3 Å². The minimum atomic E-state index is -3.93. The molecule has 0 amide bonds. The van der Waals surface area contributed by atoms with E-state index in [-0.39, 0.29) is 17.1 Å². The van der Waals surface area contributed by atoms with E-state index in [4.69, 9.17) is 0 Å². The highest BCUT2D eigenvalue weighted by atomic mass is 32.2. The molecule has 1 rings (SSSR count). The summed E-state index contributed by atoms with van der Waals surface area (Å²) in [5.74, 6) is 0. The summed E-state index contributed by atoms with van der Waals surface area (Å²) in [6.07, 6.45) is 0.377. The van der Waals surface area contributed by atoms with E-state index in [1.165, 1.54) is 13.0 Å². The third-order valence-electron chi connectivity index (χ3n) is 3.51. The molecule has 0 spiro atoms. The van der Waals surface area contributed by atoms with Crippen LogP contribution in [0.3, 0.4) is 0 Å². The van der Waals surface area contributed by atoms with Gasteiger partial charge in [-0.1, -0.05) is 6.92 Å². The zero-order chi connectivity index (χ0) is 16.4. The van der Waals surface area contributed by atoms with Crippen LogP contribution in [0.4, 0.5) is 5.69 Å². The van der Waals surface area contributed by atoms with Crippen LogP contribution in [0.5, 0.6) is 0 Å². The van der Waals surface area contributed by atoms with Gasteiger partial charge in [0, 0.05) is 18.7 Å². The zero-order valence-electron chi connectivity index (χ0n) is 12.5. The van der Waals surface area contributed by atoms with Gasteiger partial charge < -0.3 is 5.11 Å². The summed E-state index contributed by atoms with van der Waals surface area (Å²) >= 11 is 0. The molecule has 8 heteroatoms. The molecule has 0 radical (unpaired) electrons. The maximum atomic E-state index is 12.3. The van der Waals surface area contributed by atoms with E-state index in [0.29, 0.717) is 17.5 Å². The lowest BCUT2D eigenvalue weighted by molar-refractivity contribution is -0.385. The van der Waals surface area contributed by atoms with Crippen molar-refractivity contribution >= 4 is 15.7 Å². The average molecular weight is 316 g/mol. The molecule has 1 aromatic rings. The number of aliphatic hydroxyl groups is 1. The second-order valence-corrected chi connectivity index (χ2v) is 7.05. The summed E-state index contributed by atoms with van der Waals surface area (Å²) in [6.45, 7) is 6.29. The number of nitrogens with zero attached hydrogens (tertiary/aromatic N) is 1. The lowest BCUT2D eigenvalue weighted by Crippen LogP contribution is -2.40. The Morgan fingerprint density at radius 1 is 1.38 bits per heavy atom. The van der Waals surface area contributed by atoms with Gasteiger partial charge >= 0.3 is 0 Å². The number of aryl methyl sites for hydroxylation is 1. The molecule has 0 heterocycles. The second-order valence-electron chi connectivity index (χ2n) is 5.32. The Bertz CT molecular complexity index is 653. The molecule has 0 bridgehead atoms. The van der Waals surface area contributed by atoms with E-state index in [9.17, 15) is 23.6 Å². The van der Waals surface area contributed by atoms with E-state index in [2.05, 4.69) is 4.72 Å².